The van der Waals surface area contributed by atoms with E-state index in [-0.39, 0.29) is 0 Å². The van der Waals surface area contributed by atoms with E-state index in [9.17, 15) is 0 Å². The predicted molar refractivity (Wildman–Crippen MR) is 57.9 cm³/mol. The summed E-state index contributed by atoms with van der Waals surface area (Å²) in [6.07, 6.45) is 8.31. The van der Waals surface area contributed by atoms with E-state index in [1.807, 2.05) is 10.7 Å². The van der Waals surface area contributed by atoms with Crippen molar-refractivity contribution in [3.8, 4) is 0 Å². The molecule has 1 aromatic heterocycles. The van der Waals surface area contributed by atoms with E-state index >= 15 is 0 Å². The second-order valence-corrected chi connectivity index (χ2v) is 4.22. The van der Waals surface area contributed by atoms with Crippen molar-refractivity contribution >= 4 is 5.82 Å². The fourth-order valence-corrected chi connectivity index (χ4v) is 2.59. The molecular weight excluding hydrogens is 174 g/mol. The van der Waals surface area contributed by atoms with Gasteiger partial charge in [0.05, 0.1) is 12.2 Å². The Hall–Kier alpha value is -0.990. The number of nitrogens with two attached hydrogens (primary N) is 1. The zero-order valence-electron chi connectivity index (χ0n) is 8.82. The summed E-state index contributed by atoms with van der Waals surface area (Å²) in [5.41, 5.74) is 5.89. The lowest BCUT2D eigenvalue weighted by atomic mass is 9.83. The molecule has 2 unspecified atom stereocenters. The topological polar surface area (TPSA) is 43.8 Å². The molecule has 3 heteroatoms. The van der Waals surface area contributed by atoms with Gasteiger partial charge in [0.1, 0.15) is 5.82 Å². The summed E-state index contributed by atoms with van der Waals surface area (Å²) < 4.78 is 2.02. The second-order valence-electron chi connectivity index (χ2n) is 4.22. The van der Waals surface area contributed by atoms with E-state index < -0.39 is 0 Å². The van der Waals surface area contributed by atoms with Gasteiger partial charge in [0.25, 0.3) is 0 Å². The molecule has 1 fully saturated rings. The zero-order valence-corrected chi connectivity index (χ0v) is 8.82. The minimum Gasteiger partial charge on any atom is -0.384 e. The van der Waals surface area contributed by atoms with Crippen LogP contribution in [0.5, 0.6) is 0 Å². The minimum atomic E-state index is 0.545. The van der Waals surface area contributed by atoms with Crippen molar-refractivity contribution in [1.82, 2.24) is 9.78 Å². The quantitative estimate of drug-likeness (QED) is 0.784. The van der Waals surface area contributed by atoms with Gasteiger partial charge in [0.2, 0.25) is 0 Å². The van der Waals surface area contributed by atoms with Crippen LogP contribution in [0.25, 0.3) is 0 Å². The molecule has 2 N–H and O–H groups in total. The Kier molecular flexibility index (Phi) is 2.75. The van der Waals surface area contributed by atoms with Crippen LogP contribution in [0, 0.1) is 5.92 Å². The SMILES string of the molecule is CCC1CCCCC1n1nccc1N. The molecule has 1 heterocycles. The first-order chi connectivity index (χ1) is 6.83. The maximum absolute atomic E-state index is 5.89. The number of anilines is 1. The van der Waals surface area contributed by atoms with Crippen LogP contribution in [-0.2, 0) is 0 Å². The molecule has 14 heavy (non-hydrogen) atoms. The fraction of sp³-hybridized carbons (Fsp3) is 0.727. The molecule has 0 aromatic carbocycles. The van der Waals surface area contributed by atoms with Crippen LogP contribution in [-0.4, -0.2) is 9.78 Å². The average molecular weight is 193 g/mol. The van der Waals surface area contributed by atoms with E-state index in [4.69, 9.17) is 5.73 Å². The minimum absolute atomic E-state index is 0.545. The van der Waals surface area contributed by atoms with Crippen LogP contribution < -0.4 is 5.73 Å². The fourth-order valence-electron chi connectivity index (χ4n) is 2.59. The van der Waals surface area contributed by atoms with Gasteiger partial charge < -0.3 is 5.73 Å². The lowest BCUT2D eigenvalue weighted by molar-refractivity contribution is 0.220. The Labute approximate surface area is 85.3 Å². The number of aromatic nitrogens is 2. The molecule has 0 amide bonds. The molecule has 2 atom stereocenters. The summed E-state index contributed by atoms with van der Waals surface area (Å²) in [4.78, 5) is 0. The lowest BCUT2D eigenvalue weighted by Crippen LogP contribution is -2.24. The van der Waals surface area contributed by atoms with Crippen LogP contribution in [0.3, 0.4) is 0 Å². The van der Waals surface area contributed by atoms with E-state index in [1.165, 1.54) is 32.1 Å². The number of nitrogen functional groups attached to an aromatic ring is 1. The van der Waals surface area contributed by atoms with Crippen molar-refractivity contribution in [2.75, 3.05) is 5.73 Å². The Morgan fingerprint density at radius 3 is 2.93 bits per heavy atom. The van der Waals surface area contributed by atoms with E-state index in [2.05, 4.69) is 12.0 Å². The molecule has 0 spiro atoms. The molecule has 1 aliphatic carbocycles. The summed E-state index contributed by atoms with van der Waals surface area (Å²) in [5, 5.41) is 4.33. The highest BCUT2D eigenvalue weighted by Crippen LogP contribution is 2.36. The summed E-state index contributed by atoms with van der Waals surface area (Å²) in [7, 11) is 0. The molecule has 1 aromatic rings. The number of nitrogens with zero attached hydrogens (tertiary/aromatic N) is 2. The van der Waals surface area contributed by atoms with E-state index in [0.29, 0.717) is 6.04 Å². The molecule has 1 aliphatic rings. The number of hydrogen-bond acceptors (Lipinski definition) is 2. The summed E-state index contributed by atoms with van der Waals surface area (Å²) in [6, 6.07) is 2.44. The summed E-state index contributed by atoms with van der Waals surface area (Å²) >= 11 is 0. The highest BCUT2D eigenvalue weighted by atomic mass is 15.3. The third-order valence-electron chi connectivity index (χ3n) is 3.41. The first-order valence-electron chi connectivity index (χ1n) is 5.62. The highest BCUT2D eigenvalue weighted by Gasteiger charge is 2.26. The Balaban J connectivity index is 2.19. The van der Waals surface area contributed by atoms with Crippen molar-refractivity contribution in [1.29, 1.82) is 0 Å². The molecular formula is C11H19N3. The monoisotopic (exact) mass is 193 g/mol. The first kappa shape index (κ1) is 9.56. The molecule has 1 saturated carbocycles. The van der Waals surface area contributed by atoms with Gasteiger partial charge in [-0.1, -0.05) is 26.2 Å². The first-order valence-corrected chi connectivity index (χ1v) is 5.62. The maximum atomic E-state index is 5.89. The third kappa shape index (κ3) is 1.63. The molecule has 78 valence electrons. The van der Waals surface area contributed by atoms with Gasteiger partial charge in [-0.15, -0.1) is 0 Å². The summed E-state index contributed by atoms with van der Waals surface area (Å²) in [6.45, 7) is 2.27. The van der Waals surface area contributed by atoms with Crippen molar-refractivity contribution in [2.45, 2.75) is 45.1 Å². The van der Waals surface area contributed by atoms with E-state index in [1.54, 1.807) is 6.20 Å². The van der Waals surface area contributed by atoms with Crippen LogP contribution >= 0.6 is 0 Å². The Morgan fingerprint density at radius 1 is 1.50 bits per heavy atom. The Bertz CT molecular complexity index is 292. The molecule has 2 rings (SSSR count). The van der Waals surface area contributed by atoms with Crippen LogP contribution in [0.1, 0.15) is 45.1 Å². The van der Waals surface area contributed by atoms with Crippen LogP contribution in [0.4, 0.5) is 5.82 Å². The second kappa shape index (κ2) is 4.03. The molecule has 3 nitrogen and oxygen atoms in total. The van der Waals surface area contributed by atoms with Crippen LogP contribution in [0.15, 0.2) is 12.3 Å². The van der Waals surface area contributed by atoms with Gasteiger partial charge in [-0.25, -0.2) is 4.68 Å². The number of hydrogen-bond donors (Lipinski definition) is 1. The molecule has 0 radical (unpaired) electrons. The van der Waals surface area contributed by atoms with Crippen molar-refractivity contribution in [2.24, 2.45) is 5.92 Å². The van der Waals surface area contributed by atoms with Gasteiger partial charge in [-0.3, -0.25) is 0 Å². The lowest BCUT2D eigenvalue weighted by Gasteiger charge is -2.31. The van der Waals surface area contributed by atoms with Gasteiger partial charge in [-0.05, 0) is 24.8 Å². The van der Waals surface area contributed by atoms with Crippen LogP contribution in [0.2, 0.25) is 0 Å². The average Bonchev–Trinajstić information content (AvgIpc) is 2.64. The van der Waals surface area contributed by atoms with Crippen molar-refractivity contribution < 1.29 is 0 Å². The van der Waals surface area contributed by atoms with Gasteiger partial charge in [0, 0.05) is 0 Å². The number of rotatable bonds is 2. The standard InChI is InChI=1S/C11H19N3/c1-2-9-5-3-4-6-10(9)14-11(12)7-8-13-14/h7-10H,2-6,12H2,1H3. The molecule has 0 bridgehead atoms. The Morgan fingerprint density at radius 2 is 2.29 bits per heavy atom. The molecule has 0 saturated heterocycles. The normalized spacial score (nSPS) is 27.8. The van der Waals surface area contributed by atoms with Gasteiger partial charge in [-0.2, -0.15) is 5.10 Å². The van der Waals surface area contributed by atoms with Crippen molar-refractivity contribution in [3.63, 3.8) is 0 Å². The third-order valence-corrected chi connectivity index (χ3v) is 3.41. The largest absolute Gasteiger partial charge is 0.384 e. The van der Waals surface area contributed by atoms with E-state index in [0.717, 1.165) is 11.7 Å². The summed E-state index contributed by atoms with van der Waals surface area (Å²) in [5.74, 6) is 1.58. The van der Waals surface area contributed by atoms with Gasteiger partial charge in [0.15, 0.2) is 0 Å². The zero-order chi connectivity index (χ0) is 9.97. The maximum Gasteiger partial charge on any atom is 0.121 e. The predicted octanol–water partition coefficient (Wildman–Crippen LogP) is 2.61. The smallest absolute Gasteiger partial charge is 0.121 e. The van der Waals surface area contributed by atoms with Gasteiger partial charge >= 0.3 is 0 Å². The molecule has 0 aliphatic heterocycles. The highest BCUT2D eigenvalue weighted by molar-refractivity contribution is 5.26. The van der Waals surface area contributed by atoms with Crippen molar-refractivity contribution in [3.05, 3.63) is 12.3 Å².